The molecular weight excluding hydrogens is 276 g/mol. The molecule has 0 aliphatic carbocycles. The number of ketones is 1. The van der Waals surface area contributed by atoms with Gasteiger partial charge in [-0.15, -0.1) is 11.3 Å². The summed E-state index contributed by atoms with van der Waals surface area (Å²) in [6.45, 7) is 2.78. The molecule has 1 aliphatic heterocycles. The average molecular weight is 294 g/mol. The van der Waals surface area contributed by atoms with Gasteiger partial charge in [-0.25, -0.2) is 0 Å². The number of carbonyl (C=O) groups is 3. The van der Waals surface area contributed by atoms with Gasteiger partial charge in [0.05, 0.1) is 9.75 Å². The van der Waals surface area contributed by atoms with Gasteiger partial charge >= 0.3 is 0 Å². The Hall–Kier alpha value is -1.69. The summed E-state index contributed by atoms with van der Waals surface area (Å²) in [7, 11) is 0. The Morgan fingerprint density at radius 1 is 1.25 bits per heavy atom. The quantitative estimate of drug-likeness (QED) is 0.858. The number of piperidine rings is 1. The lowest BCUT2D eigenvalue weighted by Gasteiger charge is -2.31. The molecule has 1 aromatic heterocycles. The molecule has 0 atom stereocenters. The summed E-state index contributed by atoms with van der Waals surface area (Å²) in [5, 5.41) is 0. The molecule has 2 heterocycles. The maximum Gasteiger partial charge on any atom is 0.263 e. The highest BCUT2D eigenvalue weighted by atomic mass is 32.1. The topological polar surface area (TPSA) is 80.5 Å². The predicted molar refractivity (Wildman–Crippen MR) is 76.8 cm³/mol. The second-order valence-corrected chi connectivity index (χ2v) is 6.21. The average Bonchev–Trinajstić information content (AvgIpc) is 2.88. The number of hydrogen-bond acceptors (Lipinski definition) is 4. The molecule has 0 spiro atoms. The smallest absolute Gasteiger partial charge is 0.263 e. The zero-order valence-corrected chi connectivity index (χ0v) is 12.2. The molecule has 1 aromatic rings. The van der Waals surface area contributed by atoms with Crippen LogP contribution in [0.2, 0.25) is 0 Å². The Kier molecular flexibility index (Phi) is 4.54. The van der Waals surface area contributed by atoms with Crippen molar-refractivity contribution in [3.8, 4) is 0 Å². The Bertz CT molecular complexity index is 530. The lowest BCUT2D eigenvalue weighted by molar-refractivity contribution is -0.119. The highest BCUT2D eigenvalue weighted by molar-refractivity contribution is 7.15. The number of amides is 2. The monoisotopic (exact) mass is 294 g/mol. The van der Waals surface area contributed by atoms with Crippen molar-refractivity contribution < 1.29 is 14.4 Å². The van der Waals surface area contributed by atoms with E-state index in [0.29, 0.717) is 29.3 Å². The van der Waals surface area contributed by atoms with Crippen molar-refractivity contribution >= 4 is 28.9 Å². The van der Waals surface area contributed by atoms with Gasteiger partial charge in [-0.2, -0.15) is 0 Å². The summed E-state index contributed by atoms with van der Waals surface area (Å²) in [6, 6.07) is 3.40. The van der Waals surface area contributed by atoms with Crippen molar-refractivity contribution in [3.63, 3.8) is 0 Å². The number of thiophene rings is 1. The van der Waals surface area contributed by atoms with Crippen molar-refractivity contribution in [3.05, 3.63) is 21.9 Å². The van der Waals surface area contributed by atoms with Gasteiger partial charge in [0.15, 0.2) is 5.78 Å². The number of hydrogen-bond donors (Lipinski definition) is 1. The Balaban J connectivity index is 1.94. The van der Waals surface area contributed by atoms with Crippen LogP contribution in [0.25, 0.3) is 0 Å². The molecule has 0 bridgehead atoms. The number of rotatable bonds is 4. The van der Waals surface area contributed by atoms with E-state index in [4.69, 9.17) is 5.73 Å². The summed E-state index contributed by atoms with van der Waals surface area (Å²) in [6.07, 6.45) is 2.01. The third kappa shape index (κ3) is 3.45. The maximum atomic E-state index is 12.3. The first-order valence-electron chi connectivity index (χ1n) is 6.65. The van der Waals surface area contributed by atoms with E-state index in [1.54, 1.807) is 17.0 Å². The molecule has 2 amide bonds. The van der Waals surface area contributed by atoms with Crippen molar-refractivity contribution in [2.75, 3.05) is 13.1 Å². The molecule has 5 nitrogen and oxygen atoms in total. The van der Waals surface area contributed by atoms with E-state index in [1.807, 2.05) is 0 Å². The van der Waals surface area contributed by atoms with E-state index >= 15 is 0 Å². The number of primary amides is 1. The largest absolute Gasteiger partial charge is 0.370 e. The van der Waals surface area contributed by atoms with Crippen molar-refractivity contribution in [2.24, 2.45) is 11.7 Å². The zero-order chi connectivity index (χ0) is 14.7. The van der Waals surface area contributed by atoms with Crippen molar-refractivity contribution in [1.82, 2.24) is 4.90 Å². The van der Waals surface area contributed by atoms with Crippen LogP contribution in [0.5, 0.6) is 0 Å². The van der Waals surface area contributed by atoms with E-state index in [9.17, 15) is 14.4 Å². The first-order chi connectivity index (χ1) is 9.47. The molecule has 6 heteroatoms. The molecular formula is C14H18N2O3S. The van der Waals surface area contributed by atoms with Crippen LogP contribution >= 0.6 is 11.3 Å². The first kappa shape index (κ1) is 14.7. The van der Waals surface area contributed by atoms with Gasteiger partial charge in [0, 0.05) is 19.5 Å². The van der Waals surface area contributed by atoms with Gasteiger partial charge in [0.2, 0.25) is 5.91 Å². The second-order valence-electron chi connectivity index (χ2n) is 5.13. The minimum atomic E-state index is -0.279. The first-order valence-corrected chi connectivity index (χ1v) is 7.47. The van der Waals surface area contributed by atoms with Crippen molar-refractivity contribution in [1.29, 1.82) is 0 Å². The molecule has 0 aromatic carbocycles. The molecule has 20 heavy (non-hydrogen) atoms. The van der Waals surface area contributed by atoms with Crippen LogP contribution in [-0.2, 0) is 4.79 Å². The summed E-state index contributed by atoms with van der Waals surface area (Å²) < 4.78 is 0. The molecule has 108 valence electrons. The molecule has 0 radical (unpaired) electrons. The third-order valence-corrected chi connectivity index (χ3v) is 4.73. The van der Waals surface area contributed by atoms with Crippen LogP contribution in [0.4, 0.5) is 0 Å². The standard InChI is InChI=1S/C14H18N2O3S/c1-9(17)11-2-3-12(20-11)14(19)16-6-4-10(5-7-16)8-13(15)18/h2-3,10H,4-8H2,1H3,(H2,15,18). The molecule has 0 unspecified atom stereocenters. The minimum Gasteiger partial charge on any atom is -0.370 e. The van der Waals surface area contributed by atoms with Crippen LogP contribution in [0.1, 0.15) is 45.5 Å². The SMILES string of the molecule is CC(=O)c1ccc(C(=O)N2CCC(CC(N)=O)CC2)s1. The molecule has 1 fully saturated rings. The molecule has 1 saturated heterocycles. The lowest BCUT2D eigenvalue weighted by Crippen LogP contribution is -2.39. The van der Waals surface area contributed by atoms with Crippen LogP contribution < -0.4 is 5.73 Å². The molecule has 0 saturated carbocycles. The van der Waals surface area contributed by atoms with Crippen LogP contribution in [0.15, 0.2) is 12.1 Å². The summed E-state index contributed by atoms with van der Waals surface area (Å²) in [5.41, 5.74) is 5.19. The zero-order valence-electron chi connectivity index (χ0n) is 11.4. The lowest BCUT2D eigenvalue weighted by atomic mass is 9.93. The number of nitrogens with two attached hydrogens (primary N) is 1. The van der Waals surface area contributed by atoms with Gasteiger partial charge < -0.3 is 10.6 Å². The van der Waals surface area contributed by atoms with Gasteiger partial charge in [-0.3, -0.25) is 14.4 Å². The highest BCUT2D eigenvalue weighted by Gasteiger charge is 2.25. The van der Waals surface area contributed by atoms with Crippen LogP contribution in [0, 0.1) is 5.92 Å². The van der Waals surface area contributed by atoms with E-state index in [-0.39, 0.29) is 23.5 Å². The molecule has 1 aliphatic rings. The highest BCUT2D eigenvalue weighted by Crippen LogP contribution is 2.24. The summed E-state index contributed by atoms with van der Waals surface area (Å²) in [4.78, 5) is 37.4. The Morgan fingerprint density at radius 3 is 2.35 bits per heavy atom. The predicted octanol–water partition coefficient (Wildman–Crippen LogP) is 1.68. The minimum absolute atomic E-state index is 0.0192. The van der Waals surface area contributed by atoms with Gasteiger partial charge in [0.1, 0.15) is 0 Å². The summed E-state index contributed by atoms with van der Waals surface area (Å²) in [5.74, 6) is -0.0407. The third-order valence-electron chi connectivity index (χ3n) is 3.56. The molecule has 2 N–H and O–H groups in total. The van der Waals surface area contributed by atoms with E-state index < -0.39 is 0 Å². The van der Waals surface area contributed by atoms with Gasteiger partial charge in [-0.1, -0.05) is 0 Å². The molecule has 2 rings (SSSR count). The van der Waals surface area contributed by atoms with Gasteiger partial charge in [-0.05, 0) is 37.8 Å². The van der Waals surface area contributed by atoms with Crippen molar-refractivity contribution in [2.45, 2.75) is 26.2 Å². The second kappa shape index (κ2) is 6.17. The van der Waals surface area contributed by atoms with Gasteiger partial charge in [0.25, 0.3) is 5.91 Å². The van der Waals surface area contributed by atoms with E-state index in [2.05, 4.69) is 0 Å². The van der Waals surface area contributed by atoms with E-state index in [0.717, 1.165) is 12.8 Å². The Morgan fingerprint density at radius 2 is 1.85 bits per heavy atom. The fraction of sp³-hybridized carbons (Fsp3) is 0.500. The normalized spacial score (nSPS) is 16.1. The van der Waals surface area contributed by atoms with E-state index in [1.165, 1.54) is 18.3 Å². The number of likely N-dealkylation sites (tertiary alicyclic amines) is 1. The number of nitrogens with zero attached hydrogens (tertiary/aromatic N) is 1. The fourth-order valence-corrected chi connectivity index (χ4v) is 3.29. The van der Waals surface area contributed by atoms with Crippen LogP contribution in [0.3, 0.4) is 0 Å². The fourth-order valence-electron chi connectivity index (χ4n) is 2.42. The Labute approximate surface area is 121 Å². The maximum absolute atomic E-state index is 12.3. The number of Topliss-reactive ketones (excluding diaryl/α,β-unsaturated/α-hetero) is 1. The summed E-state index contributed by atoms with van der Waals surface area (Å²) >= 11 is 1.24. The van der Waals surface area contributed by atoms with Crippen LogP contribution in [-0.4, -0.2) is 35.6 Å². The number of carbonyl (C=O) groups excluding carboxylic acids is 3.